The fourth-order valence-electron chi connectivity index (χ4n) is 2.03. The Morgan fingerprint density at radius 1 is 1.04 bits per heavy atom. The van der Waals surface area contributed by atoms with Gasteiger partial charge in [-0.25, -0.2) is 0 Å². The Bertz CT molecular complexity index is 826. The lowest BCUT2D eigenvalue weighted by Crippen LogP contribution is -2.05. The molecule has 3 rings (SSSR count). The van der Waals surface area contributed by atoms with Crippen LogP contribution in [-0.2, 0) is 13.2 Å². The van der Waals surface area contributed by atoms with E-state index in [9.17, 15) is 0 Å². The van der Waals surface area contributed by atoms with E-state index in [-0.39, 0.29) is 0 Å². The summed E-state index contributed by atoms with van der Waals surface area (Å²) in [6.07, 6.45) is 0. The molecule has 0 aliphatic heterocycles. The van der Waals surface area contributed by atoms with Crippen LogP contribution in [0.25, 0.3) is 0 Å². The number of aromatic amines is 1. The largest absolute Gasteiger partial charge is 0.489 e. The van der Waals surface area contributed by atoms with Gasteiger partial charge in [-0.3, -0.25) is 0 Å². The fourth-order valence-corrected chi connectivity index (χ4v) is 2.54. The molecule has 0 radical (unpaired) electrons. The Balaban J connectivity index is 1.71. The minimum atomic E-state index is 0.355. The molecule has 0 bridgehead atoms. The van der Waals surface area contributed by atoms with Gasteiger partial charge >= 0.3 is 0 Å². The van der Waals surface area contributed by atoms with E-state index in [4.69, 9.17) is 39.5 Å². The number of hydrogen-bond acceptors (Lipinski definition) is 5. The summed E-state index contributed by atoms with van der Waals surface area (Å²) >= 11 is 18.0. The van der Waals surface area contributed by atoms with Crippen molar-refractivity contribution >= 4 is 40.8 Å². The summed E-state index contributed by atoms with van der Waals surface area (Å²) in [6.45, 7) is 0.796. The number of nitrogens with zero attached hydrogens (tertiary/aromatic N) is 3. The van der Waals surface area contributed by atoms with E-state index in [2.05, 4.69) is 25.9 Å². The molecule has 1 aromatic heterocycles. The monoisotopic (exact) mass is 383 g/mol. The summed E-state index contributed by atoms with van der Waals surface area (Å²) < 4.78 is 5.88. The van der Waals surface area contributed by atoms with Crippen LogP contribution >= 0.6 is 34.8 Å². The summed E-state index contributed by atoms with van der Waals surface area (Å²) in [5, 5.41) is 18.2. The standard InChI is InChI=1S/C15H12Cl3N5O/c16-11-2-4-14(10(6-11)7-19-15-20-22-23-21-15)24-8-9-1-3-12(17)13(18)5-9/h1-6H,7-8H2,(H2,19,20,21,22,23). The van der Waals surface area contributed by atoms with Crippen molar-refractivity contribution in [3.05, 3.63) is 62.6 Å². The van der Waals surface area contributed by atoms with Gasteiger partial charge in [0.2, 0.25) is 0 Å². The minimum absolute atomic E-state index is 0.355. The van der Waals surface area contributed by atoms with Crippen LogP contribution in [0.1, 0.15) is 11.1 Å². The van der Waals surface area contributed by atoms with Crippen LogP contribution in [0.2, 0.25) is 15.1 Å². The molecule has 0 aliphatic carbocycles. The molecular weight excluding hydrogens is 373 g/mol. The molecule has 0 spiro atoms. The smallest absolute Gasteiger partial charge is 0.263 e. The van der Waals surface area contributed by atoms with Gasteiger partial charge in [0.25, 0.3) is 5.95 Å². The number of hydrogen-bond donors (Lipinski definition) is 2. The highest BCUT2D eigenvalue weighted by Gasteiger charge is 2.08. The van der Waals surface area contributed by atoms with Crippen molar-refractivity contribution in [1.82, 2.24) is 20.6 Å². The van der Waals surface area contributed by atoms with Crippen LogP contribution in [0, 0.1) is 0 Å². The molecule has 124 valence electrons. The maximum atomic E-state index is 6.07. The number of H-pyrrole nitrogens is 1. The predicted molar refractivity (Wildman–Crippen MR) is 93.8 cm³/mol. The number of nitrogens with one attached hydrogen (secondary N) is 2. The Hall–Kier alpha value is -2.02. The highest BCUT2D eigenvalue weighted by atomic mass is 35.5. The van der Waals surface area contributed by atoms with Crippen LogP contribution in [0.4, 0.5) is 5.95 Å². The van der Waals surface area contributed by atoms with Gasteiger partial charge in [-0.05, 0) is 41.1 Å². The first kappa shape index (κ1) is 16.8. The highest BCUT2D eigenvalue weighted by molar-refractivity contribution is 6.42. The van der Waals surface area contributed by atoms with Gasteiger partial charge in [-0.1, -0.05) is 46.0 Å². The molecule has 2 N–H and O–H groups in total. The highest BCUT2D eigenvalue weighted by Crippen LogP contribution is 2.26. The topological polar surface area (TPSA) is 75.7 Å². The maximum Gasteiger partial charge on any atom is 0.263 e. The number of halogens is 3. The molecule has 0 saturated carbocycles. The molecular formula is C15H12Cl3N5O. The van der Waals surface area contributed by atoms with E-state index >= 15 is 0 Å². The summed E-state index contributed by atoms with van der Waals surface area (Å²) in [5.41, 5.74) is 1.78. The zero-order valence-electron chi connectivity index (χ0n) is 12.3. The molecule has 0 atom stereocenters. The molecule has 0 unspecified atom stereocenters. The second kappa shape index (κ2) is 7.70. The zero-order valence-corrected chi connectivity index (χ0v) is 14.5. The molecule has 2 aromatic carbocycles. The third kappa shape index (κ3) is 4.29. The number of aromatic nitrogens is 4. The van der Waals surface area contributed by atoms with E-state index in [1.54, 1.807) is 18.2 Å². The van der Waals surface area contributed by atoms with Gasteiger partial charge in [0, 0.05) is 17.1 Å². The molecule has 1 heterocycles. The fraction of sp³-hybridized carbons (Fsp3) is 0.133. The molecule has 6 nitrogen and oxygen atoms in total. The lowest BCUT2D eigenvalue weighted by Gasteiger charge is -2.12. The zero-order chi connectivity index (χ0) is 16.9. The molecule has 0 amide bonds. The molecule has 9 heteroatoms. The van der Waals surface area contributed by atoms with Gasteiger partial charge < -0.3 is 10.1 Å². The van der Waals surface area contributed by atoms with E-state index in [0.717, 1.165) is 11.1 Å². The van der Waals surface area contributed by atoms with Crippen molar-refractivity contribution < 1.29 is 4.74 Å². The second-order valence-corrected chi connectivity index (χ2v) is 6.13. The molecule has 24 heavy (non-hydrogen) atoms. The van der Waals surface area contributed by atoms with E-state index in [1.165, 1.54) is 0 Å². The summed E-state index contributed by atoms with van der Waals surface area (Å²) in [5.74, 6) is 1.09. The lowest BCUT2D eigenvalue weighted by atomic mass is 10.2. The average Bonchev–Trinajstić information content (AvgIpc) is 3.08. The van der Waals surface area contributed by atoms with Crippen LogP contribution < -0.4 is 10.1 Å². The quantitative estimate of drug-likeness (QED) is 0.661. The Labute approximate surface area is 153 Å². The van der Waals surface area contributed by atoms with Gasteiger partial charge in [0.15, 0.2) is 0 Å². The van der Waals surface area contributed by atoms with Crippen LogP contribution in [-0.4, -0.2) is 20.6 Å². The van der Waals surface area contributed by atoms with Gasteiger partial charge in [-0.2, -0.15) is 5.21 Å². The number of anilines is 1. The normalized spacial score (nSPS) is 10.6. The van der Waals surface area contributed by atoms with Gasteiger partial charge in [-0.15, -0.1) is 5.10 Å². The minimum Gasteiger partial charge on any atom is -0.489 e. The van der Waals surface area contributed by atoms with Gasteiger partial charge in [0.1, 0.15) is 12.4 Å². The average molecular weight is 385 g/mol. The van der Waals surface area contributed by atoms with Crippen molar-refractivity contribution in [2.45, 2.75) is 13.2 Å². The molecule has 0 saturated heterocycles. The van der Waals surface area contributed by atoms with Crippen LogP contribution in [0.15, 0.2) is 36.4 Å². The number of ether oxygens (including phenoxy) is 1. The summed E-state index contributed by atoms with van der Waals surface area (Å²) in [7, 11) is 0. The Morgan fingerprint density at radius 3 is 2.67 bits per heavy atom. The molecule has 0 aliphatic rings. The van der Waals surface area contributed by atoms with Gasteiger partial charge in [0.05, 0.1) is 10.0 Å². The number of tetrazole rings is 1. The van der Waals surface area contributed by atoms with E-state index < -0.39 is 0 Å². The predicted octanol–water partition coefficient (Wildman–Crippen LogP) is 4.35. The summed E-state index contributed by atoms with van der Waals surface area (Å²) in [4.78, 5) is 0. The third-order valence-electron chi connectivity index (χ3n) is 3.18. The third-order valence-corrected chi connectivity index (χ3v) is 4.16. The van der Waals surface area contributed by atoms with Crippen molar-refractivity contribution in [3.63, 3.8) is 0 Å². The van der Waals surface area contributed by atoms with Crippen molar-refractivity contribution in [3.8, 4) is 5.75 Å². The first-order valence-corrected chi connectivity index (χ1v) is 8.07. The first-order chi connectivity index (χ1) is 11.6. The van der Waals surface area contributed by atoms with Crippen molar-refractivity contribution in [2.75, 3.05) is 5.32 Å². The van der Waals surface area contributed by atoms with Crippen molar-refractivity contribution in [1.29, 1.82) is 0 Å². The summed E-state index contributed by atoms with van der Waals surface area (Å²) in [6, 6.07) is 10.8. The number of rotatable bonds is 6. The van der Waals surface area contributed by atoms with E-state index in [0.29, 0.717) is 39.9 Å². The lowest BCUT2D eigenvalue weighted by molar-refractivity contribution is 0.303. The Kier molecular flexibility index (Phi) is 5.40. The van der Waals surface area contributed by atoms with Crippen LogP contribution in [0.3, 0.4) is 0 Å². The Morgan fingerprint density at radius 2 is 1.92 bits per heavy atom. The maximum absolute atomic E-state index is 6.07. The van der Waals surface area contributed by atoms with Crippen molar-refractivity contribution in [2.24, 2.45) is 0 Å². The SMILES string of the molecule is Clc1ccc(OCc2ccc(Cl)c(Cl)c2)c(CNc2nn[nH]n2)c1. The molecule has 0 fully saturated rings. The molecule has 3 aromatic rings. The van der Waals surface area contributed by atoms with Crippen LogP contribution in [0.5, 0.6) is 5.75 Å². The van der Waals surface area contributed by atoms with E-state index in [1.807, 2.05) is 18.2 Å². The second-order valence-electron chi connectivity index (χ2n) is 4.88. The first-order valence-electron chi connectivity index (χ1n) is 6.94. The number of benzene rings is 2.